The zero-order chi connectivity index (χ0) is 13.0. The van der Waals surface area contributed by atoms with Gasteiger partial charge in [-0.3, -0.25) is 0 Å². The molecule has 1 heterocycles. The van der Waals surface area contributed by atoms with Gasteiger partial charge in [-0.05, 0) is 36.8 Å². The Bertz CT molecular complexity index is 502. The van der Waals surface area contributed by atoms with Crippen LogP contribution in [-0.2, 0) is 9.53 Å². The second-order valence-corrected chi connectivity index (χ2v) is 3.84. The van der Waals surface area contributed by atoms with E-state index in [2.05, 4.69) is 0 Å². The third-order valence-corrected chi connectivity index (χ3v) is 2.62. The number of benzene rings is 1. The lowest BCUT2D eigenvalue weighted by Crippen LogP contribution is -2.15. The van der Waals surface area contributed by atoms with Crippen molar-refractivity contribution in [1.82, 2.24) is 4.57 Å². The van der Waals surface area contributed by atoms with Crippen LogP contribution in [0.3, 0.4) is 0 Å². The molecule has 1 unspecified atom stereocenters. The van der Waals surface area contributed by atoms with Gasteiger partial charge >= 0.3 is 5.97 Å². The van der Waals surface area contributed by atoms with Gasteiger partial charge in [-0.25, -0.2) is 4.79 Å². The number of aliphatic hydroxyl groups excluding tert-OH is 1. The predicted octanol–water partition coefficient (Wildman–Crippen LogP) is 2.07. The van der Waals surface area contributed by atoms with Crippen LogP contribution in [0.15, 0.2) is 48.8 Å². The topological polar surface area (TPSA) is 51.5 Å². The summed E-state index contributed by atoms with van der Waals surface area (Å²) >= 11 is 0. The lowest BCUT2D eigenvalue weighted by molar-refractivity contribution is -0.153. The van der Waals surface area contributed by atoms with Crippen LogP contribution in [0, 0.1) is 0 Å². The van der Waals surface area contributed by atoms with Crippen molar-refractivity contribution in [2.75, 3.05) is 6.61 Å². The number of esters is 1. The van der Waals surface area contributed by atoms with Crippen LogP contribution < -0.4 is 0 Å². The number of nitrogens with zero attached hydrogens (tertiary/aromatic N) is 1. The first-order chi connectivity index (χ1) is 8.72. The summed E-state index contributed by atoms with van der Waals surface area (Å²) in [6.07, 6.45) is 2.64. The van der Waals surface area contributed by atoms with Crippen molar-refractivity contribution < 1.29 is 14.6 Å². The Morgan fingerprint density at radius 1 is 1.28 bits per heavy atom. The molecule has 0 aliphatic rings. The molecule has 0 saturated carbocycles. The molecule has 0 saturated heterocycles. The Kier molecular flexibility index (Phi) is 3.79. The average Bonchev–Trinajstić information content (AvgIpc) is 2.92. The zero-order valence-corrected chi connectivity index (χ0v) is 10.1. The van der Waals surface area contributed by atoms with Crippen LogP contribution in [0.1, 0.15) is 18.6 Å². The Morgan fingerprint density at radius 2 is 1.89 bits per heavy atom. The Balaban J connectivity index is 2.15. The van der Waals surface area contributed by atoms with E-state index in [1.54, 1.807) is 19.1 Å². The molecule has 2 aromatic rings. The molecule has 0 spiro atoms. The van der Waals surface area contributed by atoms with E-state index < -0.39 is 12.1 Å². The molecule has 4 nitrogen and oxygen atoms in total. The maximum absolute atomic E-state index is 11.4. The molecule has 18 heavy (non-hydrogen) atoms. The smallest absolute Gasteiger partial charge is 0.339 e. The first-order valence-corrected chi connectivity index (χ1v) is 5.80. The van der Waals surface area contributed by atoms with Crippen molar-refractivity contribution in [3.05, 3.63) is 54.4 Å². The average molecular weight is 245 g/mol. The second kappa shape index (κ2) is 5.51. The molecule has 1 atom stereocenters. The monoisotopic (exact) mass is 245 g/mol. The van der Waals surface area contributed by atoms with Crippen molar-refractivity contribution >= 4 is 5.97 Å². The van der Waals surface area contributed by atoms with E-state index in [4.69, 9.17) is 4.74 Å². The SMILES string of the molecule is CCOC(=O)C(O)c1ccc(-n2cccc2)cc1. The lowest BCUT2D eigenvalue weighted by Gasteiger charge is -2.10. The van der Waals surface area contributed by atoms with Gasteiger partial charge in [0.05, 0.1) is 6.61 Å². The Hall–Kier alpha value is -2.07. The normalized spacial score (nSPS) is 12.1. The molecule has 0 aliphatic carbocycles. The van der Waals surface area contributed by atoms with Crippen LogP contribution >= 0.6 is 0 Å². The molecule has 2 rings (SSSR count). The summed E-state index contributed by atoms with van der Waals surface area (Å²) in [7, 11) is 0. The van der Waals surface area contributed by atoms with Crippen molar-refractivity contribution in [3.8, 4) is 5.69 Å². The number of hydrogen-bond donors (Lipinski definition) is 1. The molecule has 0 bridgehead atoms. The maximum Gasteiger partial charge on any atom is 0.339 e. The molecule has 1 aromatic carbocycles. The summed E-state index contributed by atoms with van der Waals surface area (Å²) in [5, 5.41) is 9.76. The quantitative estimate of drug-likeness (QED) is 0.839. The van der Waals surface area contributed by atoms with Gasteiger partial charge in [0.25, 0.3) is 0 Å². The highest BCUT2D eigenvalue weighted by Crippen LogP contribution is 2.17. The summed E-state index contributed by atoms with van der Waals surface area (Å²) in [6.45, 7) is 1.97. The highest BCUT2D eigenvalue weighted by atomic mass is 16.5. The van der Waals surface area contributed by atoms with Crippen molar-refractivity contribution in [1.29, 1.82) is 0 Å². The van der Waals surface area contributed by atoms with Crippen molar-refractivity contribution in [2.45, 2.75) is 13.0 Å². The van der Waals surface area contributed by atoms with Gasteiger partial charge in [0.15, 0.2) is 6.10 Å². The molecule has 1 N–H and O–H groups in total. The molecule has 4 heteroatoms. The summed E-state index contributed by atoms with van der Waals surface area (Å²) < 4.78 is 6.71. The molecule has 0 radical (unpaired) electrons. The first kappa shape index (κ1) is 12.4. The van der Waals surface area contributed by atoms with E-state index in [1.165, 1.54) is 0 Å². The largest absolute Gasteiger partial charge is 0.464 e. The Labute approximate surface area is 105 Å². The minimum absolute atomic E-state index is 0.261. The molecular formula is C14H15NO3. The van der Waals surface area contributed by atoms with Gasteiger partial charge in [-0.1, -0.05) is 12.1 Å². The van der Waals surface area contributed by atoms with Gasteiger partial charge in [0.1, 0.15) is 0 Å². The highest BCUT2D eigenvalue weighted by Gasteiger charge is 2.18. The number of carbonyl (C=O) groups excluding carboxylic acids is 1. The number of aliphatic hydroxyl groups is 1. The van der Waals surface area contributed by atoms with Gasteiger partial charge < -0.3 is 14.4 Å². The van der Waals surface area contributed by atoms with E-state index in [9.17, 15) is 9.90 Å². The predicted molar refractivity (Wildman–Crippen MR) is 67.4 cm³/mol. The third kappa shape index (κ3) is 2.60. The number of rotatable bonds is 4. The molecule has 0 amide bonds. The van der Waals surface area contributed by atoms with Gasteiger partial charge in [0.2, 0.25) is 0 Å². The first-order valence-electron chi connectivity index (χ1n) is 5.80. The number of ether oxygens (including phenoxy) is 1. The standard InChI is InChI=1S/C14H15NO3/c1-2-18-14(17)13(16)11-5-7-12(8-6-11)15-9-3-4-10-15/h3-10,13,16H,2H2,1H3. The minimum atomic E-state index is -1.22. The summed E-state index contributed by atoms with van der Waals surface area (Å²) in [6, 6.07) is 11.0. The molecule has 94 valence electrons. The summed E-state index contributed by atoms with van der Waals surface area (Å²) in [5.74, 6) is -0.619. The molecular weight excluding hydrogens is 230 g/mol. The summed E-state index contributed by atoms with van der Waals surface area (Å²) in [4.78, 5) is 11.4. The maximum atomic E-state index is 11.4. The van der Waals surface area contributed by atoms with E-state index in [1.807, 2.05) is 41.2 Å². The fourth-order valence-corrected chi connectivity index (χ4v) is 1.69. The third-order valence-electron chi connectivity index (χ3n) is 2.62. The number of hydrogen-bond acceptors (Lipinski definition) is 3. The van der Waals surface area contributed by atoms with E-state index in [-0.39, 0.29) is 6.61 Å². The number of aromatic nitrogens is 1. The lowest BCUT2D eigenvalue weighted by atomic mass is 10.1. The van der Waals surface area contributed by atoms with E-state index >= 15 is 0 Å². The fourth-order valence-electron chi connectivity index (χ4n) is 1.69. The molecule has 0 aliphatic heterocycles. The van der Waals surface area contributed by atoms with Crippen LogP contribution in [0.4, 0.5) is 0 Å². The zero-order valence-electron chi connectivity index (χ0n) is 10.1. The molecule has 1 aromatic heterocycles. The highest BCUT2D eigenvalue weighted by molar-refractivity contribution is 5.76. The Morgan fingerprint density at radius 3 is 2.44 bits per heavy atom. The number of carbonyl (C=O) groups is 1. The van der Waals surface area contributed by atoms with Gasteiger partial charge in [0, 0.05) is 18.1 Å². The fraction of sp³-hybridized carbons (Fsp3) is 0.214. The molecule has 0 fully saturated rings. The van der Waals surface area contributed by atoms with E-state index in [0.717, 1.165) is 5.69 Å². The van der Waals surface area contributed by atoms with Gasteiger partial charge in [-0.15, -0.1) is 0 Å². The van der Waals surface area contributed by atoms with Crippen molar-refractivity contribution in [3.63, 3.8) is 0 Å². The van der Waals surface area contributed by atoms with Gasteiger partial charge in [-0.2, -0.15) is 0 Å². The summed E-state index contributed by atoms with van der Waals surface area (Å²) in [5.41, 5.74) is 1.50. The van der Waals surface area contributed by atoms with E-state index in [0.29, 0.717) is 5.56 Å². The van der Waals surface area contributed by atoms with Crippen LogP contribution in [-0.4, -0.2) is 22.2 Å². The minimum Gasteiger partial charge on any atom is -0.464 e. The van der Waals surface area contributed by atoms with Crippen molar-refractivity contribution in [2.24, 2.45) is 0 Å². The van der Waals surface area contributed by atoms with Crippen LogP contribution in [0.2, 0.25) is 0 Å². The second-order valence-electron chi connectivity index (χ2n) is 3.84. The van der Waals surface area contributed by atoms with Crippen LogP contribution in [0.25, 0.3) is 5.69 Å². The van der Waals surface area contributed by atoms with Crippen LogP contribution in [0.5, 0.6) is 0 Å².